The fraction of sp³-hybridized carbons (Fsp3) is 0.444. The number of nitrogens with one attached hydrogen (secondary N) is 1. The molecule has 0 bridgehead atoms. The highest BCUT2D eigenvalue weighted by Crippen LogP contribution is 2.10. The van der Waals surface area contributed by atoms with Gasteiger partial charge in [0, 0.05) is 38.1 Å². The smallest absolute Gasteiger partial charge is 0.193 e. The lowest BCUT2D eigenvalue weighted by Crippen LogP contribution is -2.41. The molecule has 5 nitrogen and oxygen atoms in total. The minimum atomic E-state index is 0. The molecule has 0 radical (unpaired) electrons. The lowest BCUT2D eigenvalue weighted by molar-refractivity contribution is 0.281. The van der Waals surface area contributed by atoms with Crippen LogP contribution in [0.25, 0.3) is 0 Å². The van der Waals surface area contributed by atoms with Gasteiger partial charge in [0.2, 0.25) is 0 Å². The van der Waals surface area contributed by atoms with E-state index in [9.17, 15) is 0 Å². The van der Waals surface area contributed by atoms with Crippen molar-refractivity contribution in [2.75, 3.05) is 33.8 Å². The molecule has 0 amide bonds. The second-order valence-electron chi connectivity index (χ2n) is 5.54. The topological polar surface area (TPSA) is 49.8 Å². The predicted octanol–water partition coefficient (Wildman–Crippen LogP) is 3.59. The van der Waals surface area contributed by atoms with Gasteiger partial charge in [-0.3, -0.25) is 4.99 Å². The van der Waals surface area contributed by atoms with Crippen molar-refractivity contribution in [2.45, 2.75) is 19.8 Å². The standard InChI is InChI=1S/C18H26N4OS.HI/c1-15-14-24-17(21-15)10-7-11-20-18(19-2)22(3)12-13-23-16-8-5-4-6-9-16;/h4-6,8-9,14H,7,10-13H2,1-3H3,(H,19,20);1H. The van der Waals surface area contributed by atoms with Crippen LogP contribution >= 0.6 is 35.3 Å². The Morgan fingerprint density at radius 2 is 2.08 bits per heavy atom. The number of thiazole rings is 1. The number of guanidine groups is 1. The fourth-order valence-corrected chi connectivity index (χ4v) is 3.08. The lowest BCUT2D eigenvalue weighted by Gasteiger charge is -2.22. The molecule has 1 aromatic heterocycles. The van der Waals surface area contributed by atoms with Crippen LogP contribution in [0.5, 0.6) is 5.75 Å². The first kappa shape index (κ1) is 21.7. The van der Waals surface area contributed by atoms with Gasteiger partial charge in [0.1, 0.15) is 12.4 Å². The highest BCUT2D eigenvalue weighted by molar-refractivity contribution is 14.0. The average molecular weight is 474 g/mol. The average Bonchev–Trinajstić information content (AvgIpc) is 3.01. The van der Waals surface area contributed by atoms with Crippen molar-refractivity contribution in [1.29, 1.82) is 0 Å². The second-order valence-corrected chi connectivity index (χ2v) is 6.49. The third-order valence-electron chi connectivity index (χ3n) is 3.53. The number of ether oxygens (including phenoxy) is 1. The van der Waals surface area contributed by atoms with E-state index in [4.69, 9.17) is 4.74 Å². The van der Waals surface area contributed by atoms with Crippen LogP contribution in [0.2, 0.25) is 0 Å². The second kappa shape index (κ2) is 12.1. The predicted molar refractivity (Wildman–Crippen MR) is 117 cm³/mol. The van der Waals surface area contributed by atoms with E-state index >= 15 is 0 Å². The summed E-state index contributed by atoms with van der Waals surface area (Å²) in [7, 11) is 3.83. The minimum absolute atomic E-state index is 0. The summed E-state index contributed by atoms with van der Waals surface area (Å²) in [5.41, 5.74) is 1.11. The molecule has 0 fully saturated rings. The molecule has 2 rings (SSSR count). The van der Waals surface area contributed by atoms with Gasteiger partial charge in [0.05, 0.1) is 11.6 Å². The number of aliphatic imine (C=N–C) groups is 1. The van der Waals surface area contributed by atoms with Gasteiger partial charge in [-0.15, -0.1) is 35.3 Å². The van der Waals surface area contributed by atoms with Gasteiger partial charge in [-0.1, -0.05) is 18.2 Å². The third kappa shape index (κ3) is 8.04. The zero-order valence-corrected chi connectivity index (χ0v) is 18.2. The number of nitrogens with zero attached hydrogens (tertiary/aromatic N) is 3. The van der Waals surface area contributed by atoms with Gasteiger partial charge in [0.25, 0.3) is 0 Å². The summed E-state index contributed by atoms with van der Waals surface area (Å²) in [4.78, 5) is 10.9. The largest absolute Gasteiger partial charge is 0.492 e. The van der Waals surface area contributed by atoms with Crippen LogP contribution in [0.15, 0.2) is 40.7 Å². The molecule has 25 heavy (non-hydrogen) atoms. The molecule has 0 aliphatic carbocycles. The van der Waals surface area contributed by atoms with Crippen molar-refractivity contribution in [3.8, 4) is 5.75 Å². The summed E-state index contributed by atoms with van der Waals surface area (Å²) in [5.74, 6) is 1.79. The first-order chi connectivity index (χ1) is 11.7. The molecule has 1 aromatic carbocycles. The number of benzene rings is 1. The van der Waals surface area contributed by atoms with Crippen molar-refractivity contribution in [3.63, 3.8) is 0 Å². The zero-order chi connectivity index (χ0) is 17.2. The number of rotatable bonds is 8. The summed E-state index contributed by atoms with van der Waals surface area (Å²) in [5, 5.41) is 6.69. The van der Waals surface area contributed by atoms with Crippen LogP contribution in [0, 0.1) is 6.92 Å². The summed E-state index contributed by atoms with van der Waals surface area (Å²) >= 11 is 1.73. The molecule has 2 aromatic rings. The summed E-state index contributed by atoms with van der Waals surface area (Å²) in [6.07, 6.45) is 2.05. The molecule has 0 saturated heterocycles. The van der Waals surface area contributed by atoms with E-state index in [0.29, 0.717) is 6.61 Å². The van der Waals surface area contributed by atoms with Crippen molar-refractivity contribution in [3.05, 3.63) is 46.4 Å². The number of halogens is 1. The van der Waals surface area contributed by atoms with Gasteiger partial charge in [0.15, 0.2) is 5.96 Å². The normalized spacial score (nSPS) is 10.9. The van der Waals surface area contributed by atoms with Crippen LogP contribution < -0.4 is 10.1 Å². The Morgan fingerprint density at radius 3 is 2.72 bits per heavy atom. The number of aromatic nitrogens is 1. The van der Waals surface area contributed by atoms with E-state index in [1.807, 2.05) is 44.3 Å². The molecule has 138 valence electrons. The molecular formula is C18H27IN4OS. The Morgan fingerprint density at radius 1 is 1.32 bits per heavy atom. The molecule has 1 heterocycles. The van der Waals surface area contributed by atoms with E-state index in [-0.39, 0.29) is 24.0 Å². The molecule has 7 heteroatoms. The number of hydrogen-bond donors (Lipinski definition) is 1. The first-order valence-electron chi connectivity index (χ1n) is 8.19. The maximum atomic E-state index is 5.73. The SMILES string of the molecule is CN=C(NCCCc1nc(C)cs1)N(C)CCOc1ccccc1.I. The van der Waals surface area contributed by atoms with Crippen molar-refractivity contribution < 1.29 is 4.74 Å². The highest BCUT2D eigenvalue weighted by atomic mass is 127. The molecule has 0 spiro atoms. The Hall–Kier alpha value is -1.35. The molecule has 0 atom stereocenters. The number of hydrogen-bond acceptors (Lipinski definition) is 4. The fourth-order valence-electron chi connectivity index (χ4n) is 2.27. The van der Waals surface area contributed by atoms with Crippen molar-refractivity contribution in [1.82, 2.24) is 15.2 Å². The van der Waals surface area contributed by atoms with E-state index in [1.165, 1.54) is 5.01 Å². The van der Waals surface area contributed by atoms with Gasteiger partial charge in [-0.25, -0.2) is 4.98 Å². The molecule has 0 saturated carbocycles. The minimum Gasteiger partial charge on any atom is -0.492 e. The van der Waals surface area contributed by atoms with Crippen LogP contribution in [-0.4, -0.2) is 49.6 Å². The molecule has 0 unspecified atom stereocenters. The maximum Gasteiger partial charge on any atom is 0.193 e. The van der Waals surface area contributed by atoms with Crippen LogP contribution in [0.3, 0.4) is 0 Å². The van der Waals surface area contributed by atoms with Crippen LogP contribution in [-0.2, 0) is 6.42 Å². The van der Waals surface area contributed by atoms with E-state index in [0.717, 1.165) is 43.3 Å². The molecule has 0 aliphatic rings. The van der Waals surface area contributed by atoms with E-state index in [1.54, 1.807) is 18.4 Å². The maximum absolute atomic E-state index is 5.73. The quantitative estimate of drug-likeness (QED) is 0.275. The number of para-hydroxylation sites is 1. The van der Waals surface area contributed by atoms with Gasteiger partial charge < -0.3 is 15.0 Å². The van der Waals surface area contributed by atoms with Gasteiger partial charge in [-0.2, -0.15) is 0 Å². The summed E-state index contributed by atoms with van der Waals surface area (Å²) < 4.78 is 5.73. The zero-order valence-electron chi connectivity index (χ0n) is 15.1. The third-order valence-corrected chi connectivity index (χ3v) is 4.56. The van der Waals surface area contributed by atoms with Crippen molar-refractivity contribution in [2.24, 2.45) is 4.99 Å². The van der Waals surface area contributed by atoms with Crippen molar-refractivity contribution >= 4 is 41.3 Å². The monoisotopic (exact) mass is 474 g/mol. The van der Waals surface area contributed by atoms with E-state index in [2.05, 4.69) is 25.6 Å². The van der Waals surface area contributed by atoms with Gasteiger partial charge in [-0.05, 0) is 25.5 Å². The number of likely N-dealkylation sites (N-methyl/N-ethyl adjacent to an activating group) is 1. The Balaban J connectivity index is 0.00000312. The highest BCUT2D eigenvalue weighted by Gasteiger charge is 2.06. The molecule has 1 N–H and O–H groups in total. The number of aryl methyl sites for hydroxylation is 2. The summed E-state index contributed by atoms with van der Waals surface area (Å²) in [6.45, 7) is 4.32. The summed E-state index contributed by atoms with van der Waals surface area (Å²) in [6, 6.07) is 9.87. The lowest BCUT2D eigenvalue weighted by atomic mass is 10.3. The Labute approximate surface area is 171 Å². The van der Waals surface area contributed by atoms with Crippen LogP contribution in [0.1, 0.15) is 17.1 Å². The molecular weight excluding hydrogens is 447 g/mol. The molecule has 0 aliphatic heterocycles. The first-order valence-corrected chi connectivity index (χ1v) is 9.07. The van der Waals surface area contributed by atoms with Gasteiger partial charge >= 0.3 is 0 Å². The Bertz CT molecular complexity index is 633. The van der Waals surface area contributed by atoms with Crippen LogP contribution in [0.4, 0.5) is 0 Å². The van der Waals surface area contributed by atoms with E-state index < -0.39 is 0 Å². The Kier molecular flexibility index (Phi) is 10.5.